The van der Waals surface area contributed by atoms with Crippen molar-refractivity contribution in [3.05, 3.63) is 24.0 Å². The van der Waals surface area contributed by atoms with Gasteiger partial charge in [0.1, 0.15) is 12.4 Å². The molecule has 0 atom stereocenters. The molecular formula is C18H24N4O2. The van der Waals surface area contributed by atoms with Crippen LogP contribution in [0.3, 0.4) is 0 Å². The van der Waals surface area contributed by atoms with Gasteiger partial charge in [-0.25, -0.2) is 4.98 Å². The third-order valence-electron chi connectivity index (χ3n) is 4.96. The molecule has 128 valence electrons. The Morgan fingerprint density at radius 3 is 3.04 bits per heavy atom. The molecule has 2 aliphatic rings. The summed E-state index contributed by atoms with van der Waals surface area (Å²) in [6.07, 6.45) is 6.22. The number of anilines is 1. The van der Waals surface area contributed by atoms with Crippen LogP contribution >= 0.6 is 0 Å². The van der Waals surface area contributed by atoms with Crippen LogP contribution in [0.25, 0.3) is 11.0 Å². The first-order valence-electron chi connectivity index (χ1n) is 8.90. The maximum Gasteiger partial charge on any atom is 0.238 e. The third kappa shape index (κ3) is 3.30. The van der Waals surface area contributed by atoms with Crippen LogP contribution in [0.2, 0.25) is 0 Å². The van der Waals surface area contributed by atoms with E-state index in [1.165, 1.54) is 32.1 Å². The summed E-state index contributed by atoms with van der Waals surface area (Å²) in [5.41, 5.74) is 2.81. The molecule has 2 N–H and O–H groups in total. The summed E-state index contributed by atoms with van der Waals surface area (Å²) < 4.78 is 7.64. The Morgan fingerprint density at radius 2 is 2.17 bits per heavy atom. The smallest absolute Gasteiger partial charge is 0.238 e. The Hall–Kier alpha value is -1.92. The van der Waals surface area contributed by atoms with Crippen LogP contribution in [0.5, 0.6) is 0 Å². The van der Waals surface area contributed by atoms with Gasteiger partial charge >= 0.3 is 0 Å². The van der Waals surface area contributed by atoms with Gasteiger partial charge in [-0.05, 0) is 31.0 Å². The molecule has 1 fully saturated rings. The Balaban J connectivity index is 1.39. The predicted molar refractivity (Wildman–Crippen MR) is 92.9 cm³/mol. The Bertz CT molecular complexity index is 734. The molecule has 6 nitrogen and oxygen atoms in total. The minimum atomic E-state index is 0.00669. The molecule has 4 rings (SSSR count). The van der Waals surface area contributed by atoms with Gasteiger partial charge < -0.3 is 19.9 Å². The second-order valence-electron chi connectivity index (χ2n) is 6.70. The van der Waals surface area contributed by atoms with Crippen LogP contribution in [-0.4, -0.2) is 34.7 Å². The lowest BCUT2D eigenvalue weighted by molar-refractivity contribution is -0.115. The van der Waals surface area contributed by atoms with Gasteiger partial charge in [-0.15, -0.1) is 0 Å². The van der Waals surface area contributed by atoms with Crippen LogP contribution in [-0.2, 0) is 22.7 Å². The number of carbonyl (C=O) groups excluding carboxylic acids is 1. The molecule has 1 amide bonds. The van der Waals surface area contributed by atoms with Crippen molar-refractivity contribution >= 4 is 22.6 Å². The number of fused-ring (bicyclic) bond motifs is 3. The van der Waals surface area contributed by atoms with E-state index in [0.717, 1.165) is 35.7 Å². The van der Waals surface area contributed by atoms with Gasteiger partial charge in [0.15, 0.2) is 0 Å². The van der Waals surface area contributed by atoms with Crippen molar-refractivity contribution in [2.24, 2.45) is 0 Å². The fourth-order valence-electron chi connectivity index (χ4n) is 3.69. The molecule has 1 aliphatic heterocycles. The SMILES string of the molecule is O=C(CNC1CCCCC1)Nc1ccc2c(c1)nc1n2CCOC1. The van der Waals surface area contributed by atoms with Crippen molar-refractivity contribution in [2.75, 3.05) is 18.5 Å². The van der Waals surface area contributed by atoms with Crippen molar-refractivity contribution in [1.29, 1.82) is 0 Å². The van der Waals surface area contributed by atoms with Crippen LogP contribution in [0, 0.1) is 0 Å². The summed E-state index contributed by atoms with van der Waals surface area (Å²) in [5, 5.41) is 6.34. The lowest BCUT2D eigenvalue weighted by Gasteiger charge is -2.22. The van der Waals surface area contributed by atoms with Gasteiger partial charge in [0, 0.05) is 18.3 Å². The number of carbonyl (C=O) groups is 1. The van der Waals surface area contributed by atoms with E-state index in [0.29, 0.717) is 19.2 Å². The summed E-state index contributed by atoms with van der Waals surface area (Å²) in [6, 6.07) is 6.41. The quantitative estimate of drug-likeness (QED) is 0.904. The zero-order valence-electron chi connectivity index (χ0n) is 13.9. The van der Waals surface area contributed by atoms with Crippen LogP contribution in [0.4, 0.5) is 5.69 Å². The van der Waals surface area contributed by atoms with Gasteiger partial charge in [0.05, 0.1) is 24.2 Å². The van der Waals surface area contributed by atoms with E-state index in [1.807, 2.05) is 18.2 Å². The first-order valence-corrected chi connectivity index (χ1v) is 8.90. The molecule has 2 heterocycles. The summed E-state index contributed by atoms with van der Waals surface area (Å²) in [6.45, 7) is 2.49. The lowest BCUT2D eigenvalue weighted by Crippen LogP contribution is -2.37. The molecule has 6 heteroatoms. The van der Waals surface area contributed by atoms with Crippen LogP contribution < -0.4 is 10.6 Å². The monoisotopic (exact) mass is 328 g/mol. The number of imidazole rings is 1. The molecule has 0 spiro atoms. The number of hydrogen-bond acceptors (Lipinski definition) is 4. The van der Waals surface area contributed by atoms with E-state index >= 15 is 0 Å². The summed E-state index contributed by atoms with van der Waals surface area (Å²) >= 11 is 0. The van der Waals surface area contributed by atoms with Crippen molar-refractivity contribution in [3.8, 4) is 0 Å². The van der Waals surface area contributed by atoms with Crippen molar-refractivity contribution in [1.82, 2.24) is 14.9 Å². The minimum absolute atomic E-state index is 0.00669. The van der Waals surface area contributed by atoms with E-state index in [9.17, 15) is 4.79 Å². The van der Waals surface area contributed by atoms with Gasteiger partial charge in [-0.2, -0.15) is 0 Å². The largest absolute Gasteiger partial charge is 0.372 e. The van der Waals surface area contributed by atoms with E-state index < -0.39 is 0 Å². The first-order chi connectivity index (χ1) is 11.8. The molecule has 1 aliphatic carbocycles. The molecule has 0 saturated heterocycles. The molecule has 1 saturated carbocycles. The Labute approximate surface area is 141 Å². The number of hydrogen-bond donors (Lipinski definition) is 2. The molecule has 24 heavy (non-hydrogen) atoms. The van der Waals surface area contributed by atoms with Crippen LogP contribution in [0.1, 0.15) is 37.9 Å². The number of nitrogens with one attached hydrogen (secondary N) is 2. The van der Waals surface area contributed by atoms with Crippen molar-refractivity contribution in [2.45, 2.75) is 51.3 Å². The predicted octanol–water partition coefficient (Wildman–Crippen LogP) is 2.43. The number of ether oxygens (including phenoxy) is 1. The average Bonchev–Trinajstić information content (AvgIpc) is 2.98. The summed E-state index contributed by atoms with van der Waals surface area (Å²) in [7, 11) is 0. The number of aromatic nitrogens is 2. The first kappa shape index (κ1) is 15.6. The number of benzene rings is 1. The highest BCUT2D eigenvalue weighted by molar-refractivity contribution is 5.94. The summed E-state index contributed by atoms with van der Waals surface area (Å²) in [4.78, 5) is 16.8. The van der Waals surface area contributed by atoms with E-state index in [2.05, 4.69) is 20.2 Å². The standard InChI is InChI=1S/C18H24N4O2/c23-18(11-19-13-4-2-1-3-5-13)20-14-6-7-16-15(10-14)21-17-12-24-9-8-22(16)17/h6-7,10,13,19H,1-5,8-9,11-12H2,(H,20,23). The zero-order valence-corrected chi connectivity index (χ0v) is 13.9. The molecule has 1 aromatic carbocycles. The third-order valence-corrected chi connectivity index (χ3v) is 4.96. The van der Waals surface area contributed by atoms with Crippen molar-refractivity contribution < 1.29 is 9.53 Å². The fourth-order valence-corrected chi connectivity index (χ4v) is 3.69. The average molecular weight is 328 g/mol. The maximum atomic E-state index is 12.2. The highest BCUT2D eigenvalue weighted by Crippen LogP contribution is 2.23. The lowest BCUT2D eigenvalue weighted by atomic mass is 9.95. The van der Waals surface area contributed by atoms with E-state index in [1.54, 1.807) is 0 Å². The van der Waals surface area contributed by atoms with Gasteiger partial charge in [0.25, 0.3) is 0 Å². The molecular weight excluding hydrogens is 304 g/mol. The van der Waals surface area contributed by atoms with Gasteiger partial charge in [-0.3, -0.25) is 4.79 Å². The summed E-state index contributed by atoms with van der Waals surface area (Å²) in [5.74, 6) is 0.964. The number of rotatable bonds is 4. The second kappa shape index (κ2) is 6.91. The topological polar surface area (TPSA) is 68.2 Å². The second-order valence-corrected chi connectivity index (χ2v) is 6.70. The highest BCUT2D eigenvalue weighted by Gasteiger charge is 2.16. The van der Waals surface area contributed by atoms with Gasteiger partial charge in [0.2, 0.25) is 5.91 Å². The highest BCUT2D eigenvalue weighted by atomic mass is 16.5. The fraction of sp³-hybridized carbons (Fsp3) is 0.556. The molecule has 1 aromatic heterocycles. The zero-order chi connectivity index (χ0) is 16.4. The normalized spacial score (nSPS) is 18.5. The van der Waals surface area contributed by atoms with Crippen LogP contribution in [0.15, 0.2) is 18.2 Å². The van der Waals surface area contributed by atoms with E-state index in [4.69, 9.17) is 4.74 Å². The number of nitrogens with zero attached hydrogens (tertiary/aromatic N) is 2. The molecule has 0 radical (unpaired) electrons. The number of amides is 1. The van der Waals surface area contributed by atoms with E-state index in [-0.39, 0.29) is 5.91 Å². The Kier molecular flexibility index (Phi) is 4.49. The van der Waals surface area contributed by atoms with Crippen molar-refractivity contribution in [3.63, 3.8) is 0 Å². The molecule has 0 bridgehead atoms. The Morgan fingerprint density at radius 1 is 1.29 bits per heavy atom. The molecule has 0 unspecified atom stereocenters. The molecule has 2 aromatic rings. The van der Waals surface area contributed by atoms with Gasteiger partial charge in [-0.1, -0.05) is 19.3 Å². The maximum absolute atomic E-state index is 12.2. The minimum Gasteiger partial charge on any atom is -0.372 e.